The number of hydrogen-bond acceptors (Lipinski definition) is 5. The maximum absolute atomic E-state index is 11.3. The summed E-state index contributed by atoms with van der Waals surface area (Å²) in [5.74, 6) is 0.531. The van der Waals surface area contributed by atoms with Crippen LogP contribution in [0.5, 0.6) is 0 Å². The van der Waals surface area contributed by atoms with Gasteiger partial charge in [-0.15, -0.1) is 0 Å². The summed E-state index contributed by atoms with van der Waals surface area (Å²) < 4.78 is 25.9. The predicted octanol–water partition coefficient (Wildman–Crippen LogP) is 3.23. The lowest BCUT2D eigenvalue weighted by atomic mass is 9.98. The second-order valence-corrected chi connectivity index (χ2v) is 6.86. The SMILES string of the molecule is CCOP(=O)(O)OCC(O)COCc1ccc(C(C)CC)cc1. The normalized spacial score (nSPS) is 16.7. The topological polar surface area (TPSA) is 85.2 Å². The first-order valence-corrected chi connectivity index (χ1v) is 9.34. The van der Waals surface area contributed by atoms with Gasteiger partial charge in [-0.2, -0.15) is 0 Å². The lowest BCUT2D eigenvalue weighted by Crippen LogP contribution is -2.21. The van der Waals surface area contributed by atoms with Gasteiger partial charge in [0.15, 0.2) is 0 Å². The van der Waals surface area contributed by atoms with E-state index in [1.807, 2.05) is 12.1 Å². The standard InChI is InChI=1S/C16H27O6P/c1-4-13(3)15-8-6-14(7-9-15)10-20-11-16(17)12-22-23(18,19)21-5-2/h6-9,13,16-17H,4-5,10-12H2,1-3H3,(H,18,19). The van der Waals surface area contributed by atoms with Crippen molar-refractivity contribution in [3.8, 4) is 0 Å². The van der Waals surface area contributed by atoms with Gasteiger partial charge in [-0.1, -0.05) is 38.1 Å². The van der Waals surface area contributed by atoms with E-state index in [4.69, 9.17) is 4.74 Å². The molecule has 0 aliphatic heterocycles. The Balaban J connectivity index is 2.29. The maximum atomic E-state index is 11.3. The summed E-state index contributed by atoms with van der Waals surface area (Å²) in [4.78, 5) is 9.22. The minimum Gasteiger partial charge on any atom is -0.388 e. The van der Waals surface area contributed by atoms with Crippen molar-refractivity contribution in [2.45, 2.75) is 45.8 Å². The number of hydrogen-bond donors (Lipinski definition) is 2. The van der Waals surface area contributed by atoms with Crippen molar-refractivity contribution in [2.24, 2.45) is 0 Å². The number of benzene rings is 1. The Hall–Kier alpha value is -0.750. The average Bonchev–Trinajstić information content (AvgIpc) is 2.53. The molecule has 0 aliphatic carbocycles. The molecule has 7 heteroatoms. The van der Waals surface area contributed by atoms with E-state index in [-0.39, 0.29) is 19.8 Å². The van der Waals surface area contributed by atoms with Gasteiger partial charge in [0.2, 0.25) is 0 Å². The van der Waals surface area contributed by atoms with Crippen molar-refractivity contribution in [3.05, 3.63) is 35.4 Å². The minimum atomic E-state index is -4.07. The molecule has 0 aromatic heterocycles. The van der Waals surface area contributed by atoms with Crippen LogP contribution in [0.3, 0.4) is 0 Å². The van der Waals surface area contributed by atoms with Gasteiger partial charge < -0.3 is 14.7 Å². The molecule has 0 bridgehead atoms. The molecule has 1 aromatic carbocycles. The lowest BCUT2D eigenvalue weighted by Gasteiger charge is -2.15. The highest BCUT2D eigenvalue weighted by Crippen LogP contribution is 2.42. The zero-order valence-corrected chi connectivity index (χ0v) is 14.9. The van der Waals surface area contributed by atoms with E-state index < -0.39 is 13.9 Å². The molecule has 0 amide bonds. The van der Waals surface area contributed by atoms with Crippen molar-refractivity contribution in [1.82, 2.24) is 0 Å². The van der Waals surface area contributed by atoms with E-state index in [0.29, 0.717) is 12.5 Å². The highest BCUT2D eigenvalue weighted by Gasteiger charge is 2.21. The Bertz CT molecular complexity index is 490. The number of aliphatic hydroxyl groups is 1. The number of ether oxygens (including phenoxy) is 1. The van der Waals surface area contributed by atoms with E-state index in [0.717, 1.165) is 12.0 Å². The number of phosphoric acid groups is 1. The summed E-state index contributed by atoms with van der Waals surface area (Å²) in [5, 5.41) is 9.67. The summed E-state index contributed by atoms with van der Waals surface area (Å²) in [6.07, 6.45) is 0.105. The quantitative estimate of drug-likeness (QED) is 0.598. The lowest BCUT2D eigenvalue weighted by molar-refractivity contribution is -0.00243. The fraction of sp³-hybridized carbons (Fsp3) is 0.625. The largest absolute Gasteiger partial charge is 0.472 e. The number of aliphatic hydroxyl groups excluding tert-OH is 1. The highest BCUT2D eigenvalue weighted by molar-refractivity contribution is 7.47. The van der Waals surface area contributed by atoms with Crippen molar-refractivity contribution in [2.75, 3.05) is 19.8 Å². The molecule has 1 aromatic rings. The second-order valence-electron chi connectivity index (χ2n) is 5.40. The van der Waals surface area contributed by atoms with Crippen molar-refractivity contribution in [1.29, 1.82) is 0 Å². The van der Waals surface area contributed by atoms with Gasteiger partial charge in [0.1, 0.15) is 6.10 Å². The van der Waals surface area contributed by atoms with Gasteiger partial charge in [-0.3, -0.25) is 9.05 Å². The van der Waals surface area contributed by atoms with Crippen LogP contribution in [0.25, 0.3) is 0 Å². The molecule has 1 rings (SSSR count). The summed E-state index contributed by atoms with van der Waals surface area (Å²) in [5.41, 5.74) is 2.30. The maximum Gasteiger partial charge on any atom is 0.472 e. The molecular formula is C16H27O6P. The van der Waals surface area contributed by atoms with Gasteiger partial charge in [-0.25, -0.2) is 4.57 Å². The first kappa shape index (κ1) is 20.3. The van der Waals surface area contributed by atoms with Gasteiger partial charge in [0.05, 0.1) is 26.4 Å². The molecule has 6 nitrogen and oxygen atoms in total. The molecule has 0 saturated carbocycles. The summed E-state index contributed by atoms with van der Waals surface area (Å²) in [6.45, 7) is 6.04. The first-order valence-electron chi connectivity index (χ1n) is 7.84. The molecule has 3 atom stereocenters. The Kier molecular flexibility index (Phi) is 8.99. The summed E-state index contributed by atoms with van der Waals surface area (Å²) in [7, 11) is -4.07. The fourth-order valence-electron chi connectivity index (χ4n) is 1.92. The molecule has 2 N–H and O–H groups in total. The molecule has 23 heavy (non-hydrogen) atoms. The Morgan fingerprint density at radius 3 is 2.35 bits per heavy atom. The van der Waals surface area contributed by atoms with Crippen LogP contribution in [0.2, 0.25) is 0 Å². The molecular weight excluding hydrogens is 319 g/mol. The first-order chi connectivity index (χ1) is 10.9. The van der Waals surface area contributed by atoms with Crippen LogP contribution in [0.15, 0.2) is 24.3 Å². The Labute approximate surface area is 138 Å². The van der Waals surface area contributed by atoms with Crippen LogP contribution in [0, 0.1) is 0 Å². The van der Waals surface area contributed by atoms with Gasteiger partial charge in [0.25, 0.3) is 0 Å². The Morgan fingerprint density at radius 2 is 1.78 bits per heavy atom. The molecule has 0 spiro atoms. The van der Waals surface area contributed by atoms with Crippen LogP contribution >= 0.6 is 7.82 Å². The van der Waals surface area contributed by atoms with Crippen LogP contribution in [-0.4, -0.2) is 35.9 Å². The number of phosphoric ester groups is 1. The van der Waals surface area contributed by atoms with Gasteiger partial charge >= 0.3 is 7.82 Å². The van der Waals surface area contributed by atoms with E-state index >= 15 is 0 Å². The second kappa shape index (κ2) is 10.2. The zero-order chi connectivity index (χ0) is 17.3. The van der Waals surface area contributed by atoms with Crippen molar-refractivity contribution in [3.63, 3.8) is 0 Å². The molecule has 0 fully saturated rings. The summed E-state index contributed by atoms with van der Waals surface area (Å²) in [6, 6.07) is 8.16. The van der Waals surface area contributed by atoms with Crippen molar-refractivity contribution < 1.29 is 28.3 Å². The monoisotopic (exact) mass is 346 g/mol. The highest BCUT2D eigenvalue weighted by atomic mass is 31.2. The molecule has 0 radical (unpaired) electrons. The van der Waals surface area contributed by atoms with Crippen LogP contribution in [0.4, 0.5) is 0 Å². The smallest absolute Gasteiger partial charge is 0.388 e. The van der Waals surface area contributed by atoms with Crippen LogP contribution in [-0.2, 0) is 25.0 Å². The van der Waals surface area contributed by atoms with E-state index in [2.05, 4.69) is 35.0 Å². The minimum absolute atomic E-state index is 0.0131. The van der Waals surface area contributed by atoms with E-state index in [1.165, 1.54) is 5.56 Å². The van der Waals surface area contributed by atoms with E-state index in [9.17, 15) is 14.6 Å². The van der Waals surface area contributed by atoms with Gasteiger partial charge in [-0.05, 0) is 30.4 Å². The van der Waals surface area contributed by atoms with Crippen LogP contribution < -0.4 is 0 Å². The third-order valence-electron chi connectivity index (χ3n) is 3.46. The third-order valence-corrected chi connectivity index (χ3v) is 4.52. The predicted molar refractivity (Wildman–Crippen MR) is 88.2 cm³/mol. The number of rotatable bonds is 11. The zero-order valence-electron chi connectivity index (χ0n) is 14.0. The summed E-state index contributed by atoms with van der Waals surface area (Å²) >= 11 is 0. The van der Waals surface area contributed by atoms with Crippen LogP contribution in [0.1, 0.15) is 44.2 Å². The molecule has 0 heterocycles. The molecule has 132 valence electrons. The molecule has 0 aliphatic rings. The Morgan fingerprint density at radius 1 is 1.13 bits per heavy atom. The third kappa shape index (κ3) is 8.06. The average molecular weight is 346 g/mol. The molecule has 0 saturated heterocycles. The van der Waals surface area contributed by atoms with E-state index in [1.54, 1.807) is 6.92 Å². The van der Waals surface area contributed by atoms with Crippen molar-refractivity contribution >= 4 is 7.82 Å². The van der Waals surface area contributed by atoms with Gasteiger partial charge in [0, 0.05) is 0 Å². The fourth-order valence-corrected chi connectivity index (χ4v) is 2.68. The molecule has 3 unspecified atom stereocenters.